The zero-order valence-corrected chi connectivity index (χ0v) is 12.2. The molecule has 2 rings (SSSR count). The summed E-state index contributed by atoms with van der Waals surface area (Å²) in [7, 11) is 0. The summed E-state index contributed by atoms with van der Waals surface area (Å²) in [6, 6.07) is 0.676. The molecule has 0 spiro atoms. The van der Waals surface area contributed by atoms with Crippen LogP contribution in [-0.2, 0) is 12.0 Å². The molecular weight excluding hydrogens is 242 g/mol. The van der Waals surface area contributed by atoms with Crippen molar-refractivity contribution < 1.29 is 9.63 Å². The second-order valence-electron chi connectivity index (χ2n) is 6.40. The van der Waals surface area contributed by atoms with E-state index in [-0.39, 0.29) is 12.0 Å². The fourth-order valence-corrected chi connectivity index (χ4v) is 2.06. The van der Waals surface area contributed by atoms with Crippen LogP contribution < -0.4 is 0 Å². The Labute approximate surface area is 115 Å². The van der Waals surface area contributed by atoms with Gasteiger partial charge in [-0.05, 0) is 32.2 Å². The van der Waals surface area contributed by atoms with Crippen LogP contribution in [0.15, 0.2) is 4.52 Å². The minimum absolute atomic E-state index is 0.0907. The van der Waals surface area contributed by atoms with Crippen molar-refractivity contribution in [2.24, 2.45) is 0 Å². The number of aliphatic hydroxyl groups excluding tert-OH is 1. The number of nitrogens with zero attached hydrogens (tertiary/aromatic N) is 3. The topological polar surface area (TPSA) is 62.4 Å². The molecule has 1 aromatic heterocycles. The van der Waals surface area contributed by atoms with Crippen molar-refractivity contribution in [2.45, 2.75) is 64.5 Å². The number of hydrogen-bond acceptors (Lipinski definition) is 5. The zero-order chi connectivity index (χ0) is 13.9. The quantitative estimate of drug-likeness (QED) is 0.767. The highest BCUT2D eigenvalue weighted by Crippen LogP contribution is 2.28. The lowest BCUT2D eigenvalue weighted by atomic mass is 9.97. The molecular formula is C14H25N3O2. The maximum absolute atomic E-state index is 8.86. The van der Waals surface area contributed by atoms with Crippen LogP contribution >= 0.6 is 0 Å². The fraction of sp³-hybridized carbons (Fsp3) is 0.857. The van der Waals surface area contributed by atoms with Crippen LogP contribution in [0.3, 0.4) is 0 Å². The molecule has 5 nitrogen and oxygen atoms in total. The van der Waals surface area contributed by atoms with Gasteiger partial charge in [-0.15, -0.1) is 0 Å². The normalized spacial score (nSPS) is 16.3. The number of aliphatic hydroxyl groups is 1. The van der Waals surface area contributed by atoms with Gasteiger partial charge in [0.2, 0.25) is 5.89 Å². The Morgan fingerprint density at radius 1 is 1.32 bits per heavy atom. The molecule has 108 valence electrons. The van der Waals surface area contributed by atoms with Crippen molar-refractivity contribution >= 4 is 0 Å². The monoisotopic (exact) mass is 267 g/mol. The van der Waals surface area contributed by atoms with Crippen LogP contribution in [0, 0.1) is 0 Å². The SMILES string of the molecule is CC(C)(C)c1nc(CN(CCCCO)C2CC2)no1. The summed E-state index contributed by atoms with van der Waals surface area (Å²) in [5, 5.41) is 12.9. The van der Waals surface area contributed by atoms with E-state index in [1.165, 1.54) is 12.8 Å². The van der Waals surface area contributed by atoms with E-state index in [0.717, 1.165) is 31.8 Å². The van der Waals surface area contributed by atoms with Crippen LogP contribution in [0.2, 0.25) is 0 Å². The van der Waals surface area contributed by atoms with E-state index in [1.807, 2.05) is 0 Å². The minimum Gasteiger partial charge on any atom is -0.396 e. The Morgan fingerprint density at radius 3 is 2.58 bits per heavy atom. The lowest BCUT2D eigenvalue weighted by Crippen LogP contribution is -2.27. The van der Waals surface area contributed by atoms with Crippen LogP contribution in [0.1, 0.15) is 58.2 Å². The molecule has 5 heteroatoms. The smallest absolute Gasteiger partial charge is 0.232 e. The summed E-state index contributed by atoms with van der Waals surface area (Å²) in [5.74, 6) is 1.48. The Kier molecular flexibility index (Phi) is 4.58. The molecule has 1 heterocycles. The van der Waals surface area contributed by atoms with Gasteiger partial charge in [-0.25, -0.2) is 0 Å². The van der Waals surface area contributed by atoms with Crippen LogP contribution in [-0.4, -0.2) is 39.3 Å². The van der Waals surface area contributed by atoms with E-state index < -0.39 is 0 Å². The van der Waals surface area contributed by atoms with Gasteiger partial charge in [-0.1, -0.05) is 25.9 Å². The first-order valence-corrected chi connectivity index (χ1v) is 7.18. The molecule has 0 unspecified atom stereocenters. The largest absolute Gasteiger partial charge is 0.396 e. The second kappa shape index (κ2) is 6.01. The van der Waals surface area contributed by atoms with E-state index in [2.05, 4.69) is 35.8 Å². The van der Waals surface area contributed by atoms with E-state index >= 15 is 0 Å². The maximum Gasteiger partial charge on any atom is 0.232 e. The average Bonchev–Trinajstić information content (AvgIpc) is 3.06. The first kappa shape index (κ1) is 14.5. The van der Waals surface area contributed by atoms with Gasteiger partial charge in [0.05, 0.1) is 6.54 Å². The van der Waals surface area contributed by atoms with Gasteiger partial charge >= 0.3 is 0 Å². The Balaban J connectivity index is 1.91. The summed E-state index contributed by atoms with van der Waals surface area (Å²) in [6.45, 7) is 8.26. The second-order valence-corrected chi connectivity index (χ2v) is 6.40. The summed E-state index contributed by atoms with van der Waals surface area (Å²) >= 11 is 0. The van der Waals surface area contributed by atoms with Gasteiger partial charge < -0.3 is 9.63 Å². The molecule has 1 fully saturated rings. The highest BCUT2D eigenvalue weighted by molar-refractivity contribution is 4.99. The van der Waals surface area contributed by atoms with Crippen molar-refractivity contribution in [3.8, 4) is 0 Å². The molecule has 0 aliphatic heterocycles. The van der Waals surface area contributed by atoms with Crippen LogP contribution in [0.5, 0.6) is 0 Å². The summed E-state index contributed by atoms with van der Waals surface area (Å²) in [4.78, 5) is 6.90. The van der Waals surface area contributed by atoms with Gasteiger partial charge in [0, 0.05) is 18.1 Å². The molecule has 0 radical (unpaired) electrons. The van der Waals surface area contributed by atoms with E-state index in [4.69, 9.17) is 9.63 Å². The first-order valence-electron chi connectivity index (χ1n) is 7.18. The number of hydrogen-bond donors (Lipinski definition) is 1. The lowest BCUT2D eigenvalue weighted by Gasteiger charge is -2.19. The summed E-state index contributed by atoms with van der Waals surface area (Å²) in [5.41, 5.74) is -0.0907. The Morgan fingerprint density at radius 2 is 2.05 bits per heavy atom. The third-order valence-electron chi connectivity index (χ3n) is 3.37. The molecule has 0 saturated heterocycles. The number of unbranched alkanes of at least 4 members (excludes halogenated alkanes) is 1. The fourth-order valence-electron chi connectivity index (χ4n) is 2.06. The highest BCUT2D eigenvalue weighted by Gasteiger charge is 2.30. The molecule has 0 atom stereocenters. The lowest BCUT2D eigenvalue weighted by molar-refractivity contribution is 0.222. The molecule has 1 saturated carbocycles. The van der Waals surface area contributed by atoms with E-state index in [1.54, 1.807) is 0 Å². The molecule has 1 aliphatic carbocycles. The van der Waals surface area contributed by atoms with Crippen LogP contribution in [0.25, 0.3) is 0 Å². The molecule has 0 amide bonds. The van der Waals surface area contributed by atoms with Crippen LogP contribution in [0.4, 0.5) is 0 Å². The minimum atomic E-state index is -0.0907. The third-order valence-corrected chi connectivity index (χ3v) is 3.37. The molecule has 1 aromatic rings. The van der Waals surface area contributed by atoms with E-state index in [9.17, 15) is 0 Å². The Bertz CT molecular complexity index is 394. The predicted molar refractivity (Wildman–Crippen MR) is 72.7 cm³/mol. The zero-order valence-electron chi connectivity index (χ0n) is 12.2. The van der Waals surface area contributed by atoms with Gasteiger partial charge in [-0.2, -0.15) is 4.98 Å². The molecule has 0 aromatic carbocycles. The maximum atomic E-state index is 8.86. The standard InChI is InChI=1S/C14H25N3O2/c1-14(2,3)13-15-12(16-19-13)10-17(11-6-7-11)8-4-5-9-18/h11,18H,4-10H2,1-3H3. The van der Waals surface area contributed by atoms with Gasteiger partial charge in [0.15, 0.2) is 5.82 Å². The van der Waals surface area contributed by atoms with Crippen molar-refractivity contribution in [2.75, 3.05) is 13.2 Å². The van der Waals surface area contributed by atoms with Gasteiger partial charge in [0.25, 0.3) is 0 Å². The van der Waals surface area contributed by atoms with Crippen molar-refractivity contribution in [1.29, 1.82) is 0 Å². The molecule has 19 heavy (non-hydrogen) atoms. The number of aromatic nitrogens is 2. The highest BCUT2D eigenvalue weighted by atomic mass is 16.5. The summed E-state index contributed by atoms with van der Waals surface area (Å²) in [6.07, 6.45) is 4.42. The molecule has 1 aliphatic rings. The molecule has 0 bridgehead atoms. The summed E-state index contributed by atoms with van der Waals surface area (Å²) < 4.78 is 5.33. The average molecular weight is 267 g/mol. The van der Waals surface area contributed by atoms with Crippen molar-refractivity contribution in [3.05, 3.63) is 11.7 Å². The predicted octanol–water partition coefficient (Wildman–Crippen LogP) is 2.10. The van der Waals surface area contributed by atoms with Gasteiger partial charge in [-0.3, -0.25) is 4.90 Å². The first-order chi connectivity index (χ1) is 9.00. The van der Waals surface area contributed by atoms with Crippen molar-refractivity contribution in [3.63, 3.8) is 0 Å². The molecule has 1 N–H and O–H groups in total. The van der Waals surface area contributed by atoms with Crippen molar-refractivity contribution in [1.82, 2.24) is 15.0 Å². The third kappa shape index (κ3) is 4.28. The number of rotatable bonds is 7. The van der Waals surface area contributed by atoms with E-state index in [0.29, 0.717) is 11.9 Å². The Hall–Kier alpha value is -0.940. The van der Waals surface area contributed by atoms with Gasteiger partial charge in [0.1, 0.15) is 0 Å².